The Balaban J connectivity index is 1.63. The molecule has 0 spiro atoms. The lowest BCUT2D eigenvalue weighted by molar-refractivity contribution is -0.135. The molecular formula is C21H23ClN2O. The molecule has 0 bridgehead atoms. The van der Waals surface area contributed by atoms with Crippen LogP contribution in [0.3, 0.4) is 0 Å². The molecule has 4 rings (SSSR count). The summed E-state index contributed by atoms with van der Waals surface area (Å²) in [7, 11) is 0. The molecule has 2 heterocycles. The lowest BCUT2D eigenvalue weighted by Gasteiger charge is -2.38. The average molecular weight is 355 g/mol. The zero-order valence-electron chi connectivity index (χ0n) is 14.2. The van der Waals surface area contributed by atoms with Crippen molar-refractivity contribution in [1.82, 2.24) is 10.2 Å². The van der Waals surface area contributed by atoms with E-state index in [0.29, 0.717) is 19.0 Å². The van der Waals surface area contributed by atoms with Gasteiger partial charge in [-0.1, -0.05) is 48.0 Å². The molecule has 3 nitrogen and oxygen atoms in total. The third kappa shape index (κ3) is 3.58. The molecule has 25 heavy (non-hydrogen) atoms. The first kappa shape index (κ1) is 16.6. The van der Waals surface area contributed by atoms with Gasteiger partial charge in [0.2, 0.25) is 5.91 Å². The fourth-order valence-corrected chi connectivity index (χ4v) is 4.24. The zero-order chi connectivity index (χ0) is 17.2. The number of amides is 1. The van der Waals surface area contributed by atoms with E-state index in [4.69, 9.17) is 11.6 Å². The SMILES string of the molecule is O=C(CC1CCCN1)N1Cc2cc(Cl)ccc2CC1c1ccccc1. The topological polar surface area (TPSA) is 32.3 Å². The highest BCUT2D eigenvalue weighted by atomic mass is 35.5. The quantitative estimate of drug-likeness (QED) is 0.899. The van der Waals surface area contributed by atoms with Crippen molar-refractivity contribution in [2.45, 2.75) is 44.3 Å². The molecule has 1 saturated heterocycles. The number of carbonyl (C=O) groups excluding carboxylic acids is 1. The smallest absolute Gasteiger partial charge is 0.224 e. The molecule has 1 amide bonds. The van der Waals surface area contributed by atoms with Gasteiger partial charge >= 0.3 is 0 Å². The van der Waals surface area contributed by atoms with Crippen LogP contribution in [0.1, 0.15) is 42.0 Å². The van der Waals surface area contributed by atoms with Crippen molar-refractivity contribution >= 4 is 17.5 Å². The Labute approximate surface area is 154 Å². The summed E-state index contributed by atoms with van der Waals surface area (Å²) in [5, 5.41) is 4.18. The number of benzene rings is 2. The summed E-state index contributed by atoms with van der Waals surface area (Å²) < 4.78 is 0. The molecule has 2 aliphatic rings. The van der Waals surface area contributed by atoms with Crippen LogP contribution in [0.5, 0.6) is 0 Å². The summed E-state index contributed by atoms with van der Waals surface area (Å²) in [4.78, 5) is 15.1. The van der Waals surface area contributed by atoms with Gasteiger partial charge in [0.05, 0.1) is 6.04 Å². The molecule has 2 aliphatic heterocycles. The standard InChI is InChI=1S/C21H23ClN2O/c22-18-9-8-16-12-20(15-5-2-1-3-6-15)24(14-17(16)11-18)21(25)13-19-7-4-10-23-19/h1-3,5-6,8-9,11,19-20,23H,4,7,10,12-14H2. The first-order valence-corrected chi connectivity index (χ1v) is 9.43. The number of halogens is 1. The van der Waals surface area contributed by atoms with Crippen molar-refractivity contribution in [3.63, 3.8) is 0 Å². The van der Waals surface area contributed by atoms with Crippen LogP contribution >= 0.6 is 11.6 Å². The molecular weight excluding hydrogens is 332 g/mol. The van der Waals surface area contributed by atoms with Gasteiger partial charge in [-0.05, 0) is 54.6 Å². The van der Waals surface area contributed by atoms with E-state index in [1.54, 1.807) is 0 Å². The molecule has 130 valence electrons. The van der Waals surface area contributed by atoms with Crippen LogP contribution in [-0.2, 0) is 17.8 Å². The van der Waals surface area contributed by atoms with E-state index < -0.39 is 0 Å². The van der Waals surface area contributed by atoms with E-state index in [9.17, 15) is 4.79 Å². The minimum atomic E-state index is 0.101. The molecule has 2 atom stereocenters. The second kappa shape index (κ2) is 7.19. The number of rotatable bonds is 3. The Kier molecular flexibility index (Phi) is 4.78. The third-order valence-corrected chi connectivity index (χ3v) is 5.62. The third-order valence-electron chi connectivity index (χ3n) is 5.39. The maximum Gasteiger partial charge on any atom is 0.224 e. The molecule has 2 aromatic carbocycles. The van der Waals surface area contributed by atoms with E-state index in [0.717, 1.165) is 24.4 Å². The fourth-order valence-electron chi connectivity index (χ4n) is 4.05. The first-order valence-electron chi connectivity index (χ1n) is 9.06. The van der Waals surface area contributed by atoms with Crippen molar-refractivity contribution in [2.75, 3.05) is 6.54 Å². The second-order valence-electron chi connectivity index (χ2n) is 7.06. The van der Waals surface area contributed by atoms with Gasteiger partial charge in [0, 0.05) is 24.0 Å². The summed E-state index contributed by atoms with van der Waals surface area (Å²) in [6, 6.07) is 16.9. The van der Waals surface area contributed by atoms with E-state index >= 15 is 0 Å². The van der Waals surface area contributed by atoms with E-state index in [2.05, 4.69) is 23.5 Å². The van der Waals surface area contributed by atoms with E-state index in [1.165, 1.54) is 23.1 Å². The molecule has 0 aliphatic carbocycles. The summed E-state index contributed by atoms with van der Waals surface area (Å²) in [6.07, 6.45) is 3.69. The lowest BCUT2D eigenvalue weighted by atomic mass is 9.89. The molecule has 1 N–H and O–H groups in total. The van der Waals surface area contributed by atoms with Crippen LogP contribution < -0.4 is 5.32 Å². The number of nitrogens with zero attached hydrogens (tertiary/aromatic N) is 1. The molecule has 2 unspecified atom stereocenters. The Hall–Kier alpha value is -1.84. The number of fused-ring (bicyclic) bond motifs is 1. The van der Waals surface area contributed by atoms with Gasteiger partial charge in [0.1, 0.15) is 0 Å². The Morgan fingerprint density at radius 1 is 1.16 bits per heavy atom. The van der Waals surface area contributed by atoms with Gasteiger partial charge in [-0.3, -0.25) is 4.79 Å². The van der Waals surface area contributed by atoms with E-state index in [-0.39, 0.29) is 11.9 Å². The van der Waals surface area contributed by atoms with Crippen molar-refractivity contribution in [2.24, 2.45) is 0 Å². The van der Waals surface area contributed by atoms with Gasteiger partial charge in [0.25, 0.3) is 0 Å². The number of carbonyl (C=O) groups is 1. The largest absolute Gasteiger partial charge is 0.331 e. The zero-order valence-corrected chi connectivity index (χ0v) is 15.0. The van der Waals surface area contributed by atoms with Gasteiger partial charge in [-0.25, -0.2) is 0 Å². The summed E-state index contributed by atoms with van der Waals surface area (Å²) >= 11 is 6.18. The Morgan fingerprint density at radius 2 is 2.00 bits per heavy atom. The minimum absolute atomic E-state index is 0.101. The van der Waals surface area contributed by atoms with Crippen LogP contribution in [-0.4, -0.2) is 23.4 Å². The highest BCUT2D eigenvalue weighted by Gasteiger charge is 2.32. The number of hydrogen-bond acceptors (Lipinski definition) is 2. The van der Waals surface area contributed by atoms with Gasteiger partial charge < -0.3 is 10.2 Å². The normalized spacial score (nSPS) is 22.7. The predicted octanol–water partition coefficient (Wildman–Crippen LogP) is 4.11. The van der Waals surface area contributed by atoms with Crippen LogP contribution in [0.15, 0.2) is 48.5 Å². The fraction of sp³-hybridized carbons (Fsp3) is 0.381. The summed E-state index contributed by atoms with van der Waals surface area (Å²) in [5.41, 5.74) is 3.67. The molecule has 2 aromatic rings. The average Bonchev–Trinajstić information content (AvgIpc) is 3.14. The summed E-state index contributed by atoms with van der Waals surface area (Å²) in [5.74, 6) is 0.235. The molecule has 1 fully saturated rings. The van der Waals surface area contributed by atoms with Crippen LogP contribution in [0.2, 0.25) is 5.02 Å². The maximum absolute atomic E-state index is 13.1. The van der Waals surface area contributed by atoms with Gasteiger partial charge in [-0.2, -0.15) is 0 Å². The van der Waals surface area contributed by atoms with Crippen LogP contribution in [0, 0.1) is 0 Å². The first-order chi connectivity index (χ1) is 12.2. The van der Waals surface area contributed by atoms with E-state index in [1.807, 2.05) is 35.2 Å². The molecule has 4 heteroatoms. The molecule has 0 radical (unpaired) electrons. The molecule has 0 saturated carbocycles. The van der Waals surface area contributed by atoms with Crippen molar-refractivity contribution in [3.8, 4) is 0 Å². The van der Waals surface area contributed by atoms with Crippen molar-refractivity contribution in [1.29, 1.82) is 0 Å². The second-order valence-corrected chi connectivity index (χ2v) is 7.50. The predicted molar refractivity (Wildman–Crippen MR) is 101 cm³/mol. The number of nitrogens with one attached hydrogen (secondary N) is 1. The highest BCUT2D eigenvalue weighted by molar-refractivity contribution is 6.30. The maximum atomic E-state index is 13.1. The highest BCUT2D eigenvalue weighted by Crippen LogP contribution is 2.35. The lowest BCUT2D eigenvalue weighted by Crippen LogP contribution is -2.41. The Bertz CT molecular complexity index is 756. The monoisotopic (exact) mass is 354 g/mol. The van der Waals surface area contributed by atoms with Crippen LogP contribution in [0.4, 0.5) is 0 Å². The van der Waals surface area contributed by atoms with Crippen molar-refractivity contribution in [3.05, 3.63) is 70.2 Å². The molecule has 0 aromatic heterocycles. The summed E-state index contributed by atoms with van der Waals surface area (Å²) in [6.45, 7) is 1.67. The number of hydrogen-bond donors (Lipinski definition) is 1. The Morgan fingerprint density at radius 3 is 2.76 bits per heavy atom. The van der Waals surface area contributed by atoms with Gasteiger partial charge in [0.15, 0.2) is 0 Å². The minimum Gasteiger partial charge on any atom is -0.331 e. The van der Waals surface area contributed by atoms with Gasteiger partial charge in [-0.15, -0.1) is 0 Å². The van der Waals surface area contributed by atoms with Crippen molar-refractivity contribution < 1.29 is 4.79 Å². The van der Waals surface area contributed by atoms with Crippen LogP contribution in [0.25, 0.3) is 0 Å².